The lowest BCUT2D eigenvalue weighted by molar-refractivity contribution is -0.156. The quantitative estimate of drug-likeness (QED) is 0.594. The van der Waals surface area contributed by atoms with Gasteiger partial charge in [0.1, 0.15) is 0 Å². The zero-order chi connectivity index (χ0) is 9.61. The van der Waals surface area contributed by atoms with Crippen molar-refractivity contribution in [2.45, 2.75) is 27.7 Å². The lowest BCUT2D eigenvalue weighted by Crippen LogP contribution is -2.31. The van der Waals surface area contributed by atoms with Crippen molar-refractivity contribution in [3.05, 3.63) is 0 Å². The van der Waals surface area contributed by atoms with Gasteiger partial charge in [0.2, 0.25) is 0 Å². The van der Waals surface area contributed by atoms with Crippen LogP contribution in [0.3, 0.4) is 0 Å². The molecule has 0 unspecified atom stereocenters. The van der Waals surface area contributed by atoms with Gasteiger partial charge in [-0.05, 0) is 27.7 Å². The summed E-state index contributed by atoms with van der Waals surface area (Å²) in [5.74, 6) is -0.196. The van der Waals surface area contributed by atoms with E-state index < -0.39 is 5.41 Å². The Morgan fingerprint density at radius 3 is 2.25 bits per heavy atom. The van der Waals surface area contributed by atoms with E-state index in [1.807, 2.05) is 20.8 Å². The fraction of sp³-hybridized carbons (Fsp3) is 0.889. The van der Waals surface area contributed by atoms with Gasteiger partial charge in [0.05, 0.1) is 18.6 Å². The Morgan fingerprint density at radius 2 is 1.83 bits per heavy atom. The molecule has 0 fully saturated rings. The van der Waals surface area contributed by atoms with Crippen LogP contribution in [0.5, 0.6) is 0 Å². The number of carbonyl (C=O) groups excluding carboxylic acids is 1. The molecule has 0 saturated heterocycles. The Hall–Kier alpha value is -0.570. The summed E-state index contributed by atoms with van der Waals surface area (Å²) >= 11 is 0. The second-order valence-corrected chi connectivity index (χ2v) is 3.24. The Bertz CT molecular complexity index is 141. The van der Waals surface area contributed by atoms with Gasteiger partial charge in [0, 0.05) is 6.61 Å². The predicted octanol–water partition coefficient (Wildman–Crippen LogP) is 1.61. The number of carbonyl (C=O) groups is 1. The summed E-state index contributed by atoms with van der Waals surface area (Å²) in [5.41, 5.74) is -0.522. The molecule has 0 N–H and O–H groups in total. The third-order valence-corrected chi connectivity index (χ3v) is 1.50. The molecule has 0 saturated carbocycles. The first-order valence-electron chi connectivity index (χ1n) is 4.29. The molecule has 3 heteroatoms. The first-order chi connectivity index (χ1) is 5.54. The minimum Gasteiger partial charge on any atom is -0.466 e. The topological polar surface area (TPSA) is 35.5 Å². The van der Waals surface area contributed by atoms with Crippen molar-refractivity contribution < 1.29 is 14.3 Å². The second-order valence-electron chi connectivity index (χ2n) is 3.24. The molecule has 0 aromatic rings. The van der Waals surface area contributed by atoms with Gasteiger partial charge in [-0.15, -0.1) is 0 Å². The highest BCUT2D eigenvalue weighted by molar-refractivity contribution is 5.76. The first kappa shape index (κ1) is 11.4. The molecule has 0 aliphatic carbocycles. The monoisotopic (exact) mass is 174 g/mol. The van der Waals surface area contributed by atoms with Crippen molar-refractivity contribution >= 4 is 5.97 Å². The third kappa shape index (κ3) is 3.72. The van der Waals surface area contributed by atoms with Gasteiger partial charge in [-0.1, -0.05) is 0 Å². The summed E-state index contributed by atoms with van der Waals surface area (Å²) in [6.45, 7) is 8.82. The summed E-state index contributed by atoms with van der Waals surface area (Å²) in [7, 11) is 0. The zero-order valence-electron chi connectivity index (χ0n) is 8.35. The van der Waals surface area contributed by atoms with E-state index in [1.54, 1.807) is 6.92 Å². The maximum absolute atomic E-state index is 11.3. The molecule has 0 rings (SSSR count). The van der Waals surface area contributed by atoms with E-state index in [2.05, 4.69) is 0 Å². The molecule has 0 heterocycles. The summed E-state index contributed by atoms with van der Waals surface area (Å²) in [6.07, 6.45) is 0. The molecule has 12 heavy (non-hydrogen) atoms. The summed E-state index contributed by atoms with van der Waals surface area (Å²) in [4.78, 5) is 11.3. The van der Waals surface area contributed by atoms with Crippen molar-refractivity contribution in [3.63, 3.8) is 0 Å². The van der Waals surface area contributed by atoms with Crippen LogP contribution in [-0.4, -0.2) is 25.8 Å². The molecule has 0 amide bonds. The van der Waals surface area contributed by atoms with Gasteiger partial charge in [0.15, 0.2) is 0 Å². The lowest BCUT2D eigenvalue weighted by atomic mass is 9.95. The normalized spacial score (nSPS) is 11.3. The Morgan fingerprint density at radius 1 is 1.25 bits per heavy atom. The number of hydrogen-bond donors (Lipinski definition) is 0. The largest absolute Gasteiger partial charge is 0.466 e. The average Bonchev–Trinajstić information content (AvgIpc) is 2.01. The van der Waals surface area contributed by atoms with Gasteiger partial charge in [0.25, 0.3) is 0 Å². The SMILES string of the molecule is CCOCC(C)(C)C(=O)OCC. The maximum Gasteiger partial charge on any atom is 0.313 e. The van der Waals surface area contributed by atoms with E-state index in [0.717, 1.165) is 0 Å². The molecular weight excluding hydrogens is 156 g/mol. The molecule has 72 valence electrons. The van der Waals surface area contributed by atoms with E-state index in [4.69, 9.17) is 9.47 Å². The van der Waals surface area contributed by atoms with Crippen LogP contribution in [0.25, 0.3) is 0 Å². The fourth-order valence-corrected chi connectivity index (χ4v) is 0.743. The van der Waals surface area contributed by atoms with E-state index in [0.29, 0.717) is 19.8 Å². The van der Waals surface area contributed by atoms with Crippen molar-refractivity contribution in [2.75, 3.05) is 19.8 Å². The summed E-state index contributed by atoms with van der Waals surface area (Å²) in [5, 5.41) is 0. The highest BCUT2D eigenvalue weighted by atomic mass is 16.5. The molecule has 0 aliphatic heterocycles. The van der Waals surface area contributed by atoms with Crippen LogP contribution >= 0.6 is 0 Å². The number of rotatable bonds is 5. The fourth-order valence-electron chi connectivity index (χ4n) is 0.743. The van der Waals surface area contributed by atoms with Crippen LogP contribution in [0.1, 0.15) is 27.7 Å². The van der Waals surface area contributed by atoms with Crippen LogP contribution in [0.15, 0.2) is 0 Å². The van der Waals surface area contributed by atoms with Crippen LogP contribution in [0.2, 0.25) is 0 Å². The Labute approximate surface area is 74.0 Å². The lowest BCUT2D eigenvalue weighted by Gasteiger charge is -2.21. The van der Waals surface area contributed by atoms with E-state index in [9.17, 15) is 4.79 Å². The van der Waals surface area contributed by atoms with E-state index in [-0.39, 0.29) is 5.97 Å². The molecule has 0 aromatic carbocycles. The molecule has 0 bridgehead atoms. The number of ether oxygens (including phenoxy) is 2. The van der Waals surface area contributed by atoms with Gasteiger partial charge >= 0.3 is 5.97 Å². The average molecular weight is 174 g/mol. The Balaban J connectivity index is 3.90. The summed E-state index contributed by atoms with van der Waals surface area (Å²) < 4.78 is 10.0. The molecule has 0 aromatic heterocycles. The van der Waals surface area contributed by atoms with Crippen LogP contribution < -0.4 is 0 Å². The number of hydrogen-bond acceptors (Lipinski definition) is 3. The molecule has 0 radical (unpaired) electrons. The molecule has 0 spiro atoms. The third-order valence-electron chi connectivity index (χ3n) is 1.50. The van der Waals surface area contributed by atoms with Crippen LogP contribution in [0.4, 0.5) is 0 Å². The highest BCUT2D eigenvalue weighted by Gasteiger charge is 2.29. The van der Waals surface area contributed by atoms with Gasteiger partial charge in [-0.25, -0.2) is 0 Å². The van der Waals surface area contributed by atoms with Crippen molar-refractivity contribution in [3.8, 4) is 0 Å². The van der Waals surface area contributed by atoms with Gasteiger partial charge < -0.3 is 9.47 Å². The smallest absolute Gasteiger partial charge is 0.313 e. The molecule has 0 atom stereocenters. The second kappa shape index (κ2) is 5.14. The van der Waals surface area contributed by atoms with E-state index >= 15 is 0 Å². The molecule has 0 aliphatic rings. The van der Waals surface area contributed by atoms with Crippen molar-refractivity contribution in [2.24, 2.45) is 5.41 Å². The van der Waals surface area contributed by atoms with E-state index in [1.165, 1.54) is 0 Å². The minimum atomic E-state index is -0.522. The number of esters is 1. The Kier molecular flexibility index (Phi) is 4.90. The standard InChI is InChI=1S/C9H18O3/c1-5-11-7-9(3,4)8(10)12-6-2/h5-7H2,1-4H3. The van der Waals surface area contributed by atoms with Gasteiger partial charge in [-0.3, -0.25) is 4.79 Å². The van der Waals surface area contributed by atoms with Crippen molar-refractivity contribution in [1.82, 2.24) is 0 Å². The molecule has 3 nitrogen and oxygen atoms in total. The molecular formula is C9H18O3. The van der Waals surface area contributed by atoms with Gasteiger partial charge in [-0.2, -0.15) is 0 Å². The predicted molar refractivity (Wildman–Crippen MR) is 46.9 cm³/mol. The highest BCUT2D eigenvalue weighted by Crippen LogP contribution is 2.17. The minimum absolute atomic E-state index is 0.196. The van der Waals surface area contributed by atoms with Crippen LogP contribution in [-0.2, 0) is 14.3 Å². The first-order valence-corrected chi connectivity index (χ1v) is 4.29. The summed E-state index contributed by atoms with van der Waals surface area (Å²) in [6, 6.07) is 0. The maximum atomic E-state index is 11.3. The van der Waals surface area contributed by atoms with Crippen molar-refractivity contribution in [1.29, 1.82) is 0 Å². The van der Waals surface area contributed by atoms with Crippen LogP contribution in [0, 0.1) is 5.41 Å². The zero-order valence-corrected chi connectivity index (χ0v) is 8.35.